The minimum atomic E-state index is -0.657. The highest BCUT2D eigenvalue weighted by molar-refractivity contribution is 5.75. The average Bonchev–Trinajstić information content (AvgIpc) is 2.79. The maximum absolute atomic E-state index is 14.9. The van der Waals surface area contributed by atoms with Crippen molar-refractivity contribution in [2.75, 3.05) is 12.4 Å². The molecule has 1 fully saturated rings. The van der Waals surface area contributed by atoms with Crippen molar-refractivity contribution in [2.24, 2.45) is 11.7 Å². The quantitative estimate of drug-likeness (QED) is 0.546. The minimum Gasteiger partial charge on any atom is -0.387 e. The summed E-state index contributed by atoms with van der Waals surface area (Å²) in [6.45, 7) is 0. The molecule has 1 aromatic carbocycles. The molecule has 2 heterocycles. The Hall–Kier alpha value is -3.19. The van der Waals surface area contributed by atoms with Gasteiger partial charge in [0.1, 0.15) is 23.0 Å². The first-order chi connectivity index (χ1) is 15.5. The van der Waals surface area contributed by atoms with Gasteiger partial charge in [-0.05, 0) is 72.9 Å². The van der Waals surface area contributed by atoms with E-state index in [-0.39, 0.29) is 34.8 Å². The van der Waals surface area contributed by atoms with Crippen LogP contribution in [-0.2, 0) is 6.42 Å². The van der Waals surface area contributed by atoms with E-state index >= 15 is 0 Å². The number of nitrogens with zero attached hydrogens (tertiary/aromatic N) is 2. The van der Waals surface area contributed by atoms with Crippen LogP contribution >= 0.6 is 0 Å². The first-order valence-corrected chi connectivity index (χ1v) is 10.8. The van der Waals surface area contributed by atoms with Crippen molar-refractivity contribution in [3.05, 3.63) is 77.2 Å². The second kappa shape index (κ2) is 9.53. The molecule has 3 atom stereocenters. The number of hydrogen-bond acceptors (Lipinski definition) is 5. The molecule has 166 valence electrons. The Balaban J connectivity index is 1.66. The van der Waals surface area contributed by atoms with Gasteiger partial charge in [-0.2, -0.15) is 0 Å². The molecule has 3 aromatic rings. The molecular weight excluding hydrogens is 410 g/mol. The molecule has 0 spiro atoms. The summed E-state index contributed by atoms with van der Waals surface area (Å²) < 4.78 is 29.5. The zero-order valence-electron chi connectivity index (χ0n) is 17.9. The maximum Gasteiger partial charge on any atom is 0.168 e. The predicted octanol–water partition coefficient (Wildman–Crippen LogP) is 4.73. The van der Waals surface area contributed by atoms with Crippen LogP contribution in [0.3, 0.4) is 0 Å². The third-order valence-electron chi connectivity index (χ3n) is 6.24. The van der Waals surface area contributed by atoms with Crippen molar-refractivity contribution in [3.8, 4) is 11.3 Å². The molecule has 3 unspecified atom stereocenters. The average molecular weight is 437 g/mol. The lowest BCUT2D eigenvalue weighted by Gasteiger charge is -2.34. The molecule has 0 amide bonds. The van der Waals surface area contributed by atoms with E-state index in [4.69, 9.17) is 5.73 Å². The first-order valence-electron chi connectivity index (χ1n) is 10.8. The summed E-state index contributed by atoms with van der Waals surface area (Å²) in [7, 11) is 1.87. The zero-order chi connectivity index (χ0) is 22.7. The van der Waals surface area contributed by atoms with Gasteiger partial charge < -0.3 is 11.1 Å². The summed E-state index contributed by atoms with van der Waals surface area (Å²) in [6.07, 6.45) is 7.21. The van der Waals surface area contributed by atoms with Crippen molar-refractivity contribution < 1.29 is 13.6 Å². The third-order valence-corrected chi connectivity index (χ3v) is 6.24. The lowest BCUT2D eigenvalue weighted by molar-refractivity contribution is 0.111. The highest BCUT2D eigenvalue weighted by Crippen LogP contribution is 2.41. The fourth-order valence-corrected chi connectivity index (χ4v) is 4.89. The van der Waals surface area contributed by atoms with Gasteiger partial charge in [-0.3, -0.25) is 9.78 Å². The largest absolute Gasteiger partial charge is 0.387 e. The summed E-state index contributed by atoms with van der Waals surface area (Å²) in [5.74, 6) is -0.769. The molecule has 0 bridgehead atoms. The highest BCUT2D eigenvalue weighted by atomic mass is 19.1. The Labute approximate surface area is 186 Å². The lowest BCUT2D eigenvalue weighted by atomic mass is 9.73. The van der Waals surface area contributed by atoms with Crippen LogP contribution in [0.15, 0.2) is 48.8 Å². The van der Waals surface area contributed by atoms with E-state index in [1.54, 1.807) is 18.3 Å². The van der Waals surface area contributed by atoms with Gasteiger partial charge in [-0.1, -0.05) is 12.1 Å². The zero-order valence-corrected chi connectivity index (χ0v) is 17.9. The summed E-state index contributed by atoms with van der Waals surface area (Å²) in [4.78, 5) is 19.4. The monoisotopic (exact) mass is 436 g/mol. The third kappa shape index (κ3) is 4.53. The molecule has 0 radical (unpaired) electrons. The number of nitrogens with two attached hydrogens (primary N) is 1. The predicted molar refractivity (Wildman–Crippen MR) is 121 cm³/mol. The number of hydrogen-bond donors (Lipinski definition) is 2. The number of nitrogens with one attached hydrogen (secondary N) is 1. The Bertz CT molecular complexity index is 1120. The molecule has 0 saturated heterocycles. The number of aromatic nitrogens is 2. The summed E-state index contributed by atoms with van der Waals surface area (Å²) in [6, 6.07) is 9.18. The SMILES string of the molecule is CNc1cnccc1C1CC(N)CC(Cc2cccc(F)c2-c2nc(C=O)ccc2F)C1. The molecule has 1 saturated carbocycles. The number of anilines is 1. The Kier molecular flexibility index (Phi) is 6.55. The van der Waals surface area contributed by atoms with Gasteiger partial charge in [0.15, 0.2) is 6.29 Å². The number of benzene rings is 1. The van der Waals surface area contributed by atoms with E-state index in [0.717, 1.165) is 31.0 Å². The maximum atomic E-state index is 14.9. The van der Waals surface area contributed by atoms with E-state index in [2.05, 4.69) is 15.3 Å². The first kappa shape index (κ1) is 22.0. The standard InChI is InChI=1S/C25H26F2N4O/c1-29-23-13-30-8-7-20(23)17-10-15(11-18(28)12-17)9-16-3-2-4-21(26)24(16)25-22(27)6-5-19(14-32)31-25/h2-8,13-15,17-18,29H,9-12,28H2,1H3. The number of aldehydes is 1. The number of carbonyl (C=O) groups excluding carboxylic acids is 1. The Morgan fingerprint density at radius 1 is 1.12 bits per heavy atom. The second-order valence-corrected chi connectivity index (χ2v) is 8.41. The molecule has 5 nitrogen and oxygen atoms in total. The topological polar surface area (TPSA) is 80.9 Å². The van der Waals surface area contributed by atoms with Crippen LogP contribution in [0.25, 0.3) is 11.3 Å². The Morgan fingerprint density at radius 3 is 2.75 bits per heavy atom. The van der Waals surface area contributed by atoms with Crippen molar-refractivity contribution in [3.63, 3.8) is 0 Å². The summed E-state index contributed by atoms with van der Waals surface area (Å²) >= 11 is 0. The molecule has 1 aliphatic carbocycles. The lowest BCUT2D eigenvalue weighted by Crippen LogP contribution is -2.33. The number of rotatable bonds is 6. The van der Waals surface area contributed by atoms with Gasteiger partial charge in [0.2, 0.25) is 0 Å². The highest BCUT2D eigenvalue weighted by Gasteiger charge is 2.30. The molecule has 32 heavy (non-hydrogen) atoms. The molecule has 7 heteroatoms. The summed E-state index contributed by atoms with van der Waals surface area (Å²) in [5.41, 5.74) is 9.28. The second-order valence-electron chi connectivity index (χ2n) is 8.41. The van der Waals surface area contributed by atoms with Crippen LogP contribution in [0, 0.1) is 17.6 Å². The van der Waals surface area contributed by atoms with Crippen LogP contribution in [0.4, 0.5) is 14.5 Å². The van der Waals surface area contributed by atoms with Gasteiger partial charge in [0, 0.05) is 24.8 Å². The van der Waals surface area contributed by atoms with Crippen molar-refractivity contribution >= 4 is 12.0 Å². The number of halogens is 2. The smallest absolute Gasteiger partial charge is 0.168 e. The molecule has 3 N–H and O–H groups in total. The van der Waals surface area contributed by atoms with Crippen LogP contribution in [0.1, 0.15) is 46.8 Å². The van der Waals surface area contributed by atoms with Gasteiger partial charge in [-0.15, -0.1) is 0 Å². The fraction of sp³-hybridized carbons (Fsp3) is 0.320. The van der Waals surface area contributed by atoms with E-state index in [9.17, 15) is 13.6 Å². The summed E-state index contributed by atoms with van der Waals surface area (Å²) in [5, 5.41) is 3.20. The van der Waals surface area contributed by atoms with Crippen LogP contribution in [-0.4, -0.2) is 29.3 Å². The van der Waals surface area contributed by atoms with Gasteiger partial charge in [0.25, 0.3) is 0 Å². The molecule has 4 rings (SSSR count). The van der Waals surface area contributed by atoms with Crippen molar-refractivity contribution in [2.45, 2.75) is 37.6 Å². The Morgan fingerprint density at radius 2 is 1.97 bits per heavy atom. The molecule has 0 aliphatic heterocycles. The van der Waals surface area contributed by atoms with E-state index in [1.807, 2.05) is 19.3 Å². The van der Waals surface area contributed by atoms with E-state index < -0.39 is 11.6 Å². The molecule has 1 aliphatic rings. The van der Waals surface area contributed by atoms with E-state index in [0.29, 0.717) is 18.3 Å². The number of carbonyl (C=O) groups is 1. The number of pyridine rings is 2. The van der Waals surface area contributed by atoms with Crippen molar-refractivity contribution in [1.82, 2.24) is 9.97 Å². The van der Waals surface area contributed by atoms with Crippen molar-refractivity contribution in [1.29, 1.82) is 0 Å². The van der Waals surface area contributed by atoms with E-state index in [1.165, 1.54) is 17.7 Å². The van der Waals surface area contributed by atoms with Crippen LogP contribution in [0.5, 0.6) is 0 Å². The normalized spacial score (nSPS) is 20.7. The van der Waals surface area contributed by atoms with Gasteiger partial charge in [0.05, 0.1) is 11.9 Å². The molecule has 2 aromatic heterocycles. The van der Waals surface area contributed by atoms with Crippen LogP contribution < -0.4 is 11.1 Å². The van der Waals surface area contributed by atoms with Gasteiger partial charge >= 0.3 is 0 Å². The van der Waals surface area contributed by atoms with Crippen LogP contribution in [0.2, 0.25) is 0 Å². The molecular formula is C25H26F2N4O. The fourth-order valence-electron chi connectivity index (χ4n) is 4.89. The van der Waals surface area contributed by atoms with Gasteiger partial charge in [-0.25, -0.2) is 13.8 Å². The minimum absolute atomic E-state index is 0.0156.